The van der Waals surface area contributed by atoms with Crippen LogP contribution in [0, 0.1) is 6.92 Å². The Balaban J connectivity index is 1.25. The molecule has 1 fully saturated rings. The number of piperazine rings is 1. The Morgan fingerprint density at radius 2 is 2.02 bits per heavy atom. The van der Waals surface area contributed by atoms with E-state index in [9.17, 15) is 15.0 Å². The number of amides is 1. The second-order valence-electron chi connectivity index (χ2n) is 9.40. The van der Waals surface area contributed by atoms with Gasteiger partial charge in [0.15, 0.2) is 5.82 Å². The summed E-state index contributed by atoms with van der Waals surface area (Å²) < 4.78 is 8.74. The van der Waals surface area contributed by atoms with Crippen molar-refractivity contribution in [3.05, 3.63) is 71.4 Å². The summed E-state index contributed by atoms with van der Waals surface area (Å²) in [7, 11) is 0. The fourth-order valence-electron chi connectivity index (χ4n) is 4.78. The number of aliphatic hydroxyl groups excluding tert-OH is 1. The monoisotopic (exact) mass is 604 g/mol. The Morgan fingerprint density at radius 3 is 2.83 bits per heavy atom. The quantitative estimate of drug-likeness (QED) is 0.254. The second-order valence-corrected chi connectivity index (χ2v) is 10.3. The zero-order valence-corrected chi connectivity index (χ0v) is 23.0. The van der Waals surface area contributed by atoms with E-state index in [4.69, 9.17) is 9.72 Å². The van der Waals surface area contributed by atoms with Crippen molar-refractivity contribution in [1.29, 1.82) is 0 Å². The van der Waals surface area contributed by atoms with E-state index in [0.29, 0.717) is 41.5 Å². The zero-order chi connectivity index (χ0) is 27.8. The maximum Gasteiger partial charge on any atom is 0.407 e. The van der Waals surface area contributed by atoms with Crippen molar-refractivity contribution in [3.63, 3.8) is 0 Å². The summed E-state index contributed by atoms with van der Waals surface area (Å²) in [6.45, 7) is 2.69. The van der Waals surface area contributed by atoms with Crippen molar-refractivity contribution >= 4 is 56.0 Å². The first-order chi connectivity index (χ1) is 19.4. The number of fused-ring (bicyclic) bond motifs is 2. The Hall–Kier alpha value is -4.49. The molecule has 1 unspecified atom stereocenters. The summed E-state index contributed by atoms with van der Waals surface area (Å²) in [5.74, 6) is 2.57. The van der Waals surface area contributed by atoms with E-state index in [-0.39, 0.29) is 13.2 Å². The summed E-state index contributed by atoms with van der Waals surface area (Å²) in [5.41, 5.74) is 3.73. The molecule has 204 valence electrons. The average molecular weight is 605 g/mol. The predicted molar refractivity (Wildman–Crippen MR) is 153 cm³/mol. The highest BCUT2D eigenvalue weighted by Gasteiger charge is 2.31. The zero-order valence-electron chi connectivity index (χ0n) is 21.4. The predicted octanol–water partition coefficient (Wildman–Crippen LogP) is 4.44. The van der Waals surface area contributed by atoms with Crippen LogP contribution in [-0.2, 0) is 0 Å². The molecule has 12 nitrogen and oxygen atoms in total. The molecule has 4 aromatic heterocycles. The van der Waals surface area contributed by atoms with Gasteiger partial charge in [-0.1, -0.05) is 0 Å². The second kappa shape index (κ2) is 10.6. The molecule has 6 rings (SSSR count). The molecule has 0 aliphatic carbocycles. The first-order valence-electron chi connectivity index (χ1n) is 12.5. The fourth-order valence-corrected chi connectivity index (χ4v) is 5.34. The molecule has 0 radical (unpaired) electrons. The molecule has 13 heteroatoms. The van der Waals surface area contributed by atoms with E-state index in [0.717, 1.165) is 27.1 Å². The van der Waals surface area contributed by atoms with E-state index in [1.807, 2.05) is 65.0 Å². The number of pyridine rings is 2. The number of hydrogen-bond acceptors (Lipinski definition) is 9. The fraction of sp³-hybridized carbons (Fsp3) is 0.222. The van der Waals surface area contributed by atoms with Gasteiger partial charge in [0.1, 0.15) is 34.8 Å². The number of aromatic nitrogens is 5. The van der Waals surface area contributed by atoms with E-state index in [1.54, 1.807) is 6.20 Å². The van der Waals surface area contributed by atoms with Crippen molar-refractivity contribution in [2.75, 3.05) is 36.5 Å². The molecule has 1 saturated heterocycles. The van der Waals surface area contributed by atoms with Gasteiger partial charge in [0.2, 0.25) is 0 Å². The standard InChI is InChI=1S/C27H25BrN8O4/c1-16-10-17(2-3-22(16)40-19-4-6-34-7-5-29-23(34)11-19)32-25-24-21(30-15-31-25)12-20(28)26(33-24)35-8-9-36(27(38)39)18(13-35)14-37/h2-7,10-12,15,18,37H,8-9,13-14H2,1H3,(H,38,39)(H,30,31,32). The first-order valence-corrected chi connectivity index (χ1v) is 13.3. The minimum atomic E-state index is -1.05. The van der Waals surface area contributed by atoms with Gasteiger partial charge in [-0.05, 0) is 58.7 Å². The van der Waals surface area contributed by atoms with Crippen LogP contribution in [0.5, 0.6) is 11.5 Å². The van der Waals surface area contributed by atoms with Crippen molar-refractivity contribution < 1.29 is 19.7 Å². The van der Waals surface area contributed by atoms with E-state index in [1.165, 1.54) is 11.2 Å². The number of benzene rings is 1. The van der Waals surface area contributed by atoms with Crippen molar-refractivity contribution in [2.24, 2.45) is 0 Å². The Bertz CT molecular complexity index is 1730. The van der Waals surface area contributed by atoms with Crippen LogP contribution in [0.25, 0.3) is 16.7 Å². The number of imidazole rings is 1. The normalized spacial score (nSPS) is 15.5. The molecule has 0 bridgehead atoms. The number of halogens is 1. The molecule has 0 spiro atoms. The van der Waals surface area contributed by atoms with Crippen LogP contribution in [0.2, 0.25) is 0 Å². The van der Waals surface area contributed by atoms with Crippen molar-refractivity contribution in [3.8, 4) is 11.5 Å². The summed E-state index contributed by atoms with van der Waals surface area (Å²) >= 11 is 3.59. The molecule has 1 atom stereocenters. The van der Waals surface area contributed by atoms with E-state index >= 15 is 0 Å². The molecular formula is C27H25BrN8O4. The van der Waals surface area contributed by atoms with Crippen molar-refractivity contribution in [2.45, 2.75) is 13.0 Å². The highest BCUT2D eigenvalue weighted by molar-refractivity contribution is 9.10. The number of nitrogens with zero attached hydrogens (tertiary/aromatic N) is 7. The molecular weight excluding hydrogens is 580 g/mol. The van der Waals surface area contributed by atoms with Gasteiger partial charge in [-0.25, -0.2) is 24.7 Å². The van der Waals surface area contributed by atoms with Crippen LogP contribution in [0.15, 0.2) is 65.8 Å². The minimum absolute atomic E-state index is 0.257. The average Bonchev–Trinajstić information content (AvgIpc) is 3.42. The topological polar surface area (TPSA) is 141 Å². The number of carboxylic acid groups (broad SMARTS) is 1. The lowest BCUT2D eigenvalue weighted by molar-refractivity contribution is 0.0909. The number of anilines is 3. The van der Waals surface area contributed by atoms with Crippen LogP contribution in [0.3, 0.4) is 0 Å². The molecule has 1 aliphatic heterocycles. The number of aryl methyl sites for hydroxylation is 1. The lowest BCUT2D eigenvalue weighted by Crippen LogP contribution is -2.56. The molecule has 40 heavy (non-hydrogen) atoms. The number of rotatable bonds is 6. The van der Waals surface area contributed by atoms with E-state index < -0.39 is 12.1 Å². The smallest absolute Gasteiger partial charge is 0.407 e. The van der Waals surface area contributed by atoms with Gasteiger partial charge in [0.05, 0.1) is 22.6 Å². The minimum Gasteiger partial charge on any atom is -0.465 e. The molecule has 5 aromatic rings. The third-order valence-corrected chi connectivity index (χ3v) is 7.40. The number of hydrogen-bond donors (Lipinski definition) is 3. The van der Waals surface area contributed by atoms with Crippen LogP contribution in [-0.4, -0.2) is 77.8 Å². The third-order valence-electron chi connectivity index (χ3n) is 6.82. The number of carbonyl (C=O) groups is 1. The number of ether oxygens (including phenoxy) is 1. The van der Waals surface area contributed by atoms with E-state index in [2.05, 4.69) is 36.2 Å². The summed E-state index contributed by atoms with van der Waals surface area (Å²) in [6.07, 6.45) is 5.95. The molecule has 1 amide bonds. The highest BCUT2D eigenvalue weighted by atomic mass is 79.9. The van der Waals surface area contributed by atoms with Crippen LogP contribution < -0.4 is 15.0 Å². The summed E-state index contributed by atoms with van der Waals surface area (Å²) in [5, 5.41) is 22.6. The molecule has 0 saturated carbocycles. The van der Waals surface area contributed by atoms with Crippen LogP contribution in [0.4, 0.5) is 22.1 Å². The Kier molecular flexibility index (Phi) is 6.82. The third kappa shape index (κ3) is 4.96. The summed E-state index contributed by atoms with van der Waals surface area (Å²) in [6, 6.07) is 10.8. The van der Waals surface area contributed by atoms with Gasteiger partial charge >= 0.3 is 6.09 Å². The molecule has 3 N–H and O–H groups in total. The van der Waals surface area contributed by atoms with Gasteiger partial charge in [-0.2, -0.15) is 0 Å². The lowest BCUT2D eigenvalue weighted by Gasteiger charge is -2.40. The van der Waals surface area contributed by atoms with Gasteiger partial charge < -0.3 is 29.6 Å². The van der Waals surface area contributed by atoms with Gasteiger partial charge in [0, 0.05) is 50.0 Å². The van der Waals surface area contributed by atoms with Crippen LogP contribution in [0.1, 0.15) is 5.56 Å². The maximum absolute atomic E-state index is 11.5. The number of nitrogens with one attached hydrogen (secondary N) is 1. The van der Waals surface area contributed by atoms with Gasteiger partial charge in [-0.3, -0.25) is 4.90 Å². The van der Waals surface area contributed by atoms with Crippen LogP contribution >= 0.6 is 15.9 Å². The summed E-state index contributed by atoms with van der Waals surface area (Å²) in [4.78, 5) is 32.7. The van der Waals surface area contributed by atoms with Crippen molar-refractivity contribution in [1.82, 2.24) is 29.2 Å². The molecule has 5 heterocycles. The Labute approximate surface area is 237 Å². The van der Waals surface area contributed by atoms with Gasteiger partial charge in [0.25, 0.3) is 0 Å². The number of aliphatic hydroxyl groups is 1. The highest BCUT2D eigenvalue weighted by Crippen LogP contribution is 2.33. The SMILES string of the molecule is Cc1cc(Nc2ncnc3cc(Br)c(N4CCN(C(=O)O)C(CO)C4)nc23)ccc1Oc1ccn2ccnc2c1. The lowest BCUT2D eigenvalue weighted by atomic mass is 10.2. The Morgan fingerprint density at radius 1 is 1.15 bits per heavy atom. The maximum atomic E-state index is 11.5. The molecule has 1 aromatic carbocycles. The van der Waals surface area contributed by atoms with Gasteiger partial charge in [-0.15, -0.1) is 0 Å². The first kappa shape index (κ1) is 25.8. The largest absolute Gasteiger partial charge is 0.465 e. The molecule has 1 aliphatic rings.